The van der Waals surface area contributed by atoms with Gasteiger partial charge in [-0.3, -0.25) is 14.8 Å². The van der Waals surface area contributed by atoms with Crippen LogP contribution >= 0.6 is 11.3 Å². The van der Waals surface area contributed by atoms with Crippen LogP contribution in [0.3, 0.4) is 0 Å². The highest BCUT2D eigenvalue weighted by Crippen LogP contribution is 2.31. The second-order valence-corrected chi connectivity index (χ2v) is 7.54. The Labute approximate surface area is 158 Å². The van der Waals surface area contributed by atoms with Gasteiger partial charge in [-0.2, -0.15) is 5.10 Å². The summed E-state index contributed by atoms with van der Waals surface area (Å²) < 4.78 is 4.37. The molecular formula is C19H16N6OS. The summed E-state index contributed by atoms with van der Waals surface area (Å²) in [6.45, 7) is 1.17. The fourth-order valence-electron chi connectivity index (χ4n) is 3.36. The van der Waals surface area contributed by atoms with Crippen LogP contribution in [0.2, 0.25) is 0 Å². The van der Waals surface area contributed by atoms with Gasteiger partial charge in [0.25, 0.3) is 5.56 Å². The van der Waals surface area contributed by atoms with E-state index in [9.17, 15) is 4.79 Å². The highest BCUT2D eigenvalue weighted by molar-refractivity contribution is 7.19. The fraction of sp³-hybridized carbons (Fsp3) is 0.211. The summed E-state index contributed by atoms with van der Waals surface area (Å²) in [5.41, 5.74) is 3.39. The van der Waals surface area contributed by atoms with Crippen LogP contribution in [0.25, 0.3) is 21.3 Å². The van der Waals surface area contributed by atoms with Crippen molar-refractivity contribution < 1.29 is 0 Å². The zero-order valence-electron chi connectivity index (χ0n) is 14.7. The molecule has 7 nitrogen and oxygen atoms in total. The Morgan fingerprint density at radius 1 is 1.26 bits per heavy atom. The fourth-order valence-corrected chi connectivity index (χ4v) is 4.48. The molecule has 4 aromatic rings. The number of nitrogens with zero attached hydrogens (tertiary/aromatic N) is 6. The van der Waals surface area contributed by atoms with Crippen LogP contribution in [0, 0.1) is 0 Å². The molecule has 0 atom stereocenters. The summed E-state index contributed by atoms with van der Waals surface area (Å²) >= 11 is 1.61. The number of allylic oxidation sites excluding steroid dienone is 1. The van der Waals surface area contributed by atoms with E-state index in [-0.39, 0.29) is 5.56 Å². The number of fused-ring (bicyclic) bond motifs is 3. The van der Waals surface area contributed by atoms with Crippen molar-refractivity contribution in [3.63, 3.8) is 0 Å². The molecule has 0 radical (unpaired) electrons. The molecule has 5 heterocycles. The topological polar surface area (TPSA) is 78.0 Å². The first kappa shape index (κ1) is 16.1. The number of pyridine rings is 1. The molecule has 0 fully saturated rings. The van der Waals surface area contributed by atoms with Crippen LogP contribution < -0.4 is 5.56 Å². The molecule has 0 saturated heterocycles. The first-order chi connectivity index (χ1) is 13.2. The largest absolute Gasteiger partial charge is 0.323 e. The molecule has 8 heteroatoms. The van der Waals surface area contributed by atoms with E-state index in [1.807, 2.05) is 35.9 Å². The molecule has 0 aliphatic carbocycles. The van der Waals surface area contributed by atoms with Gasteiger partial charge in [-0.25, -0.2) is 9.67 Å². The Balaban J connectivity index is 1.59. The molecule has 0 aromatic carbocycles. The number of aromatic nitrogens is 5. The standard InChI is InChI=1S/C19H16N6OS/c1-24-16-14(10-22-25(19(16)26)11-12-4-7-20-8-5-12)17-18(24)23-15(27-17)9-13-3-2-6-21-13/h2-5,7-8,10H,6,9,11H2,1H3. The van der Waals surface area contributed by atoms with Gasteiger partial charge in [-0.15, -0.1) is 11.3 Å². The van der Waals surface area contributed by atoms with Crippen molar-refractivity contribution in [1.29, 1.82) is 0 Å². The van der Waals surface area contributed by atoms with E-state index in [2.05, 4.69) is 15.1 Å². The van der Waals surface area contributed by atoms with Crippen LogP contribution in [0.5, 0.6) is 0 Å². The quantitative estimate of drug-likeness (QED) is 0.548. The molecule has 4 aromatic heterocycles. The average molecular weight is 376 g/mol. The van der Waals surface area contributed by atoms with E-state index >= 15 is 0 Å². The third kappa shape index (κ3) is 2.69. The van der Waals surface area contributed by atoms with Crippen LogP contribution in [0.4, 0.5) is 0 Å². The molecule has 0 N–H and O–H groups in total. The van der Waals surface area contributed by atoms with E-state index in [0.717, 1.165) is 45.0 Å². The van der Waals surface area contributed by atoms with Gasteiger partial charge in [0.2, 0.25) is 0 Å². The maximum atomic E-state index is 13.0. The molecule has 134 valence electrons. The molecule has 1 aliphatic heterocycles. The Hall–Kier alpha value is -3.13. The van der Waals surface area contributed by atoms with Gasteiger partial charge < -0.3 is 4.57 Å². The number of rotatable bonds is 4. The predicted molar refractivity (Wildman–Crippen MR) is 107 cm³/mol. The van der Waals surface area contributed by atoms with Gasteiger partial charge in [0.05, 0.1) is 24.0 Å². The van der Waals surface area contributed by atoms with Crippen molar-refractivity contribution in [2.45, 2.75) is 13.0 Å². The summed E-state index contributed by atoms with van der Waals surface area (Å²) in [4.78, 5) is 26.2. The maximum absolute atomic E-state index is 13.0. The first-order valence-corrected chi connectivity index (χ1v) is 9.45. The highest BCUT2D eigenvalue weighted by atomic mass is 32.1. The summed E-state index contributed by atoms with van der Waals surface area (Å²) in [5.74, 6) is 0. The van der Waals surface area contributed by atoms with Gasteiger partial charge in [-0.1, -0.05) is 6.08 Å². The zero-order valence-corrected chi connectivity index (χ0v) is 15.5. The number of thiazole rings is 1. The molecule has 0 amide bonds. The molecular weight excluding hydrogens is 360 g/mol. The highest BCUT2D eigenvalue weighted by Gasteiger charge is 2.18. The summed E-state index contributed by atoms with van der Waals surface area (Å²) in [6.07, 6.45) is 10.0. The van der Waals surface area contributed by atoms with E-state index in [1.54, 1.807) is 29.9 Å². The molecule has 0 saturated carbocycles. The lowest BCUT2D eigenvalue weighted by atomic mass is 10.3. The second kappa shape index (κ2) is 6.24. The zero-order chi connectivity index (χ0) is 18.4. The third-order valence-corrected chi connectivity index (χ3v) is 5.77. The third-order valence-electron chi connectivity index (χ3n) is 4.69. The van der Waals surface area contributed by atoms with Crippen molar-refractivity contribution in [2.75, 3.05) is 6.54 Å². The first-order valence-electron chi connectivity index (χ1n) is 8.63. The average Bonchev–Trinajstić information content (AvgIpc) is 3.38. The van der Waals surface area contributed by atoms with Gasteiger partial charge in [-0.05, 0) is 23.8 Å². The normalized spacial score (nSPS) is 13.7. The Morgan fingerprint density at radius 3 is 2.89 bits per heavy atom. The smallest absolute Gasteiger partial charge is 0.291 e. The Bertz CT molecular complexity index is 1280. The lowest BCUT2D eigenvalue weighted by Crippen LogP contribution is -2.24. The van der Waals surface area contributed by atoms with Crippen LogP contribution in [0.1, 0.15) is 10.6 Å². The van der Waals surface area contributed by atoms with Crippen LogP contribution in [-0.4, -0.2) is 36.6 Å². The molecule has 0 bridgehead atoms. The van der Waals surface area contributed by atoms with Crippen molar-refractivity contribution in [3.05, 3.63) is 63.8 Å². The Morgan fingerprint density at radius 2 is 2.11 bits per heavy atom. The summed E-state index contributed by atoms with van der Waals surface area (Å²) in [6, 6.07) is 3.77. The van der Waals surface area contributed by atoms with Crippen molar-refractivity contribution >= 4 is 38.3 Å². The van der Waals surface area contributed by atoms with Crippen LogP contribution in [0.15, 0.2) is 52.7 Å². The van der Waals surface area contributed by atoms with Gasteiger partial charge in [0.15, 0.2) is 5.65 Å². The van der Waals surface area contributed by atoms with Gasteiger partial charge in [0.1, 0.15) is 10.5 Å². The molecule has 0 unspecified atom stereocenters. The summed E-state index contributed by atoms with van der Waals surface area (Å²) in [5, 5.41) is 6.25. The van der Waals surface area contributed by atoms with E-state index in [4.69, 9.17) is 4.98 Å². The lowest BCUT2D eigenvalue weighted by Gasteiger charge is -2.05. The minimum absolute atomic E-state index is 0.110. The minimum atomic E-state index is -0.110. The van der Waals surface area contributed by atoms with Crippen molar-refractivity contribution in [3.8, 4) is 0 Å². The number of hydrogen-bond donors (Lipinski definition) is 0. The molecule has 5 rings (SSSR count). The summed E-state index contributed by atoms with van der Waals surface area (Å²) in [7, 11) is 1.89. The number of aryl methyl sites for hydroxylation is 1. The van der Waals surface area contributed by atoms with Gasteiger partial charge in [0, 0.05) is 37.0 Å². The van der Waals surface area contributed by atoms with Gasteiger partial charge >= 0.3 is 0 Å². The maximum Gasteiger partial charge on any atom is 0.291 e. The second-order valence-electron chi connectivity index (χ2n) is 6.46. The number of hydrogen-bond acceptors (Lipinski definition) is 6. The molecule has 0 spiro atoms. The van der Waals surface area contributed by atoms with Crippen molar-refractivity contribution in [2.24, 2.45) is 12.0 Å². The Kier molecular flexibility index (Phi) is 3.71. The molecule has 1 aliphatic rings. The molecule has 27 heavy (non-hydrogen) atoms. The van der Waals surface area contributed by atoms with Crippen LogP contribution in [-0.2, 0) is 20.0 Å². The van der Waals surface area contributed by atoms with Crippen molar-refractivity contribution in [1.82, 2.24) is 24.3 Å². The van der Waals surface area contributed by atoms with E-state index < -0.39 is 0 Å². The monoisotopic (exact) mass is 376 g/mol. The number of aliphatic imine (C=N–C) groups is 1. The minimum Gasteiger partial charge on any atom is -0.323 e. The SMILES string of the molecule is Cn1c2nc(CC3=NCC=C3)sc2c2cnn(Cc3ccncc3)c(=O)c21. The predicted octanol–water partition coefficient (Wildman–Crippen LogP) is 2.34. The lowest BCUT2D eigenvalue weighted by molar-refractivity contribution is 0.643. The van der Waals surface area contributed by atoms with E-state index in [0.29, 0.717) is 12.1 Å². The van der Waals surface area contributed by atoms with E-state index in [1.165, 1.54) is 4.68 Å².